The molecule has 0 aliphatic heterocycles. The number of rotatable bonds is 8. The number of nitrogens with two attached hydrogens (primary N) is 1. The molecule has 0 bridgehead atoms. The van der Waals surface area contributed by atoms with Crippen LogP contribution in [0, 0.1) is 0 Å². The van der Waals surface area contributed by atoms with Gasteiger partial charge in [0.15, 0.2) is 12.8 Å². The maximum atomic E-state index is 10.8. The minimum absolute atomic E-state index is 0.590. The fourth-order valence-electron chi connectivity index (χ4n) is 0.902. The molecular formula is C12H31N2O2P+2. The summed E-state index contributed by atoms with van der Waals surface area (Å²) in [4.78, 5) is 0. The normalized spacial score (nSPS) is 11.8. The van der Waals surface area contributed by atoms with Gasteiger partial charge < -0.3 is 10.2 Å². The first-order valence-corrected chi connectivity index (χ1v) is 7.81. The van der Waals surface area contributed by atoms with Gasteiger partial charge in [0.05, 0.1) is 21.1 Å². The van der Waals surface area contributed by atoms with Crippen LogP contribution in [-0.2, 0) is 9.09 Å². The Balaban J connectivity index is 0. The van der Waals surface area contributed by atoms with Gasteiger partial charge in [0, 0.05) is 0 Å². The predicted octanol–water partition coefficient (Wildman–Crippen LogP) is 2.61. The molecule has 1 atom stereocenters. The second-order valence-corrected chi connectivity index (χ2v) is 6.55. The highest BCUT2D eigenvalue weighted by atomic mass is 31.1. The molecule has 0 fully saturated rings. The van der Waals surface area contributed by atoms with Crippen molar-refractivity contribution in [3.05, 3.63) is 0 Å². The van der Waals surface area contributed by atoms with Gasteiger partial charge in [0.25, 0.3) is 0 Å². The molecule has 0 amide bonds. The number of nitrogens with zero attached hydrogens (tertiary/aromatic N) is 1. The second kappa shape index (κ2) is 12.4. The minimum atomic E-state index is -1.39. The summed E-state index contributed by atoms with van der Waals surface area (Å²) < 4.78 is 16.7. The van der Waals surface area contributed by atoms with Crippen LogP contribution in [0.15, 0.2) is 0 Å². The van der Waals surface area contributed by atoms with Crippen molar-refractivity contribution < 1.29 is 13.6 Å². The van der Waals surface area contributed by atoms with Gasteiger partial charge in [0.1, 0.15) is 6.54 Å². The molecule has 2 N–H and O–H groups in total. The van der Waals surface area contributed by atoms with Gasteiger partial charge >= 0.3 is 8.03 Å². The number of quaternary nitrogens is 1. The molecule has 0 spiro atoms. The topological polar surface area (TPSA) is 52.3 Å². The van der Waals surface area contributed by atoms with E-state index in [-0.39, 0.29) is 0 Å². The van der Waals surface area contributed by atoms with Gasteiger partial charge in [-0.1, -0.05) is 19.8 Å². The van der Waals surface area contributed by atoms with E-state index in [1.807, 2.05) is 6.92 Å². The van der Waals surface area contributed by atoms with Gasteiger partial charge in [0.2, 0.25) is 0 Å². The lowest BCUT2D eigenvalue weighted by Gasteiger charge is -2.21. The van der Waals surface area contributed by atoms with Gasteiger partial charge in [-0.3, -0.25) is 0 Å². The molecule has 0 aromatic carbocycles. The highest BCUT2D eigenvalue weighted by Crippen LogP contribution is 2.20. The summed E-state index contributed by atoms with van der Waals surface area (Å²) in [6.07, 6.45) is 4.37. The third-order valence-electron chi connectivity index (χ3n) is 2.06. The van der Waals surface area contributed by atoms with Crippen LogP contribution in [0.3, 0.4) is 0 Å². The SMILES string of the molecule is CCCCCN.CC[P+](=O)OCC[N+](C)(C)C. The second-order valence-electron chi connectivity index (χ2n) is 4.99. The van der Waals surface area contributed by atoms with Crippen molar-refractivity contribution in [2.75, 3.05) is 47.0 Å². The standard InChI is InChI=1S/C7H18NO2P.C5H13N/c1-5-11(9)10-7-6-8(2,3)4;1-2-3-4-5-6/h5-7H2,1-4H3;2-6H2,1H3/q+2;. The molecule has 0 aliphatic carbocycles. The van der Waals surface area contributed by atoms with E-state index in [2.05, 4.69) is 28.1 Å². The lowest BCUT2D eigenvalue weighted by atomic mass is 10.3. The zero-order valence-electron chi connectivity index (χ0n) is 12.2. The quantitative estimate of drug-likeness (QED) is 0.417. The Morgan fingerprint density at radius 1 is 1.18 bits per heavy atom. The van der Waals surface area contributed by atoms with Crippen LogP contribution < -0.4 is 5.73 Å². The maximum absolute atomic E-state index is 10.8. The highest BCUT2D eigenvalue weighted by molar-refractivity contribution is 7.39. The first-order valence-electron chi connectivity index (χ1n) is 6.45. The predicted molar refractivity (Wildman–Crippen MR) is 75.6 cm³/mol. The Morgan fingerprint density at radius 2 is 1.76 bits per heavy atom. The number of hydrogen-bond acceptors (Lipinski definition) is 3. The van der Waals surface area contributed by atoms with Crippen LogP contribution in [-0.4, -0.2) is 51.5 Å². The summed E-state index contributed by atoms with van der Waals surface area (Å²) in [5.74, 6) is 0. The molecule has 17 heavy (non-hydrogen) atoms. The summed E-state index contributed by atoms with van der Waals surface area (Å²) in [6, 6.07) is 0. The van der Waals surface area contributed by atoms with E-state index in [4.69, 9.17) is 10.3 Å². The number of unbranched alkanes of at least 4 members (excludes halogenated alkanes) is 2. The molecule has 0 aromatic rings. The van der Waals surface area contributed by atoms with Gasteiger partial charge in [-0.25, -0.2) is 0 Å². The van der Waals surface area contributed by atoms with E-state index < -0.39 is 8.03 Å². The van der Waals surface area contributed by atoms with Crippen molar-refractivity contribution in [1.29, 1.82) is 0 Å². The average molecular weight is 266 g/mol. The molecule has 1 unspecified atom stereocenters. The van der Waals surface area contributed by atoms with E-state index in [9.17, 15) is 4.57 Å². The van der Waals surface area contributed by atoms with Crippen LogP contribution in [0.1, 0.15) is 33.1 Å². The van der Waals surface area contributed by atoms with Crippen molar-refractivity contribution in [2.24, 2.45) is 5.73 Å². The summed E-state index contributed by atoms with van der Waals surface area (Å²) >= 11 is 0. The van der Waals surface area contributed by atoms with Crippen LogP contribution in [0.25, 0.3) is 0 Å². The van der Waals surface area contributed by atoms with E-state index >= 15 is 0 Å². The van der Waals surface area contributed by atoms with Crippen LogP contribution >= 0.6 is 8.03 Å². The fourth-order valence-corrected chi connectivity index (χ4v) is 1.37. The van der Waals surface area contributed by atoms with Crippen molar-refractivity contribution in [3.8, 4) is 0 Å². The smallest absolute Gasteiger partial charge is 0.330 e. The average Bonchev–Trinajstić information content (AvgIpc) is 2.25. The molecular weight excluding hydrogens is 235 g/mol. The van der Waals surface area contributed by atoms with Gasteiger partial charge in [-0.15, -0.1) is 4.52 Å². The minimum Gasteiger partial charge on any atom is -0.330 e. The lowest BCUT2D eigenvalue weighted by molar-refractivity contribution is -0.870. The first kappa shape index (κ1) is 19.3. The molecule has 0 saturated carbocycles. The summed E-state index contributed by atoms with van der Waals surface area (Å²) in [7, 11) is 4.87. The molecule has 0 aliphatic rings. The highest BCUT2D eigenvalue weighted by Gasteiger charge is 2.15. The van der Waals surface area contributed by atoms with E-state index in [0.29, 0.717) is 12.8 Å². The van der Waals surface area contributed by atoms with E-state index in [1.165, 1.54) is 19.3 Å². The van der Waals surface area contributed by atoms with Gasteiger partial charge in [-0.2, -0.15) is 0 Å². The lowest BCUT2D eigenvalue weighted by Crippen LogP contribution is -2.37. The van der Waals surface area contributed by atoms with Crippen LogP contribution in [0.2, 0.25) is 0 Å². The number of hydrogen-bond donors (Lipinski definition) is 1. The first-order chi connectivity index (χ1) is 7.87. The zero-order valence-corrected chi connectivity index (χ0v) is 13.1. The Kier molecular flexibility index (Phi) is 14.1. The molecule has 0 radical (unpaired) electrons. The summed E-state index contributed by atoms with van der Waals surface area (Å²) in [6.45, 7) is 6.39. The monoisotopic (exact) mass is 266 g/mol. The molecule has 0 aromatic heterocycles. The van der Waals surface area contributed by atoms with Crippen LogP contribution in [0.5, 0.6) is 0 Å². The molecule has 104 valence electrons. The Morgan fingerprint density at radius 3 is 2.06 bits per heavy atom. The molecule has 4 nitrogen and oxygen atoms in total. The Bertz CT molecular complexity index is 178. The molecule has 5 heteroatoms. The van der Waals surface area contributed by atoms with E-state index in [1.54, 1.807) is 0 Å². The Labute approximate surface area is 108 Å². The largest absolute Gasteiger partial charge is 0.507 e. The zero-order chi connectivity index (χ0) is 13.7. The molecule has 0 saturated heterocycles. The molecule has 0 heterocycles. The van der Waals surface area contributed by atoms with E-state index in [0.717, 1.165) is 17.6 Å². The number of likely N-dealkylation sites (N-methyl/N-ethyl adjacent to an activating group) is 1. The third kappa shape index (κ3) is 21.8. The van der Waals surface area contributed by atoms with Crippen molar-refractivity contribution in [3.63, 3.8) is 0 Å². The Hall–Kier alpha value is -0.0200. The van der Waals surface area contributed by atoms with Crippen molar-refractivity contribution in [1.82, 2.24) is 0 Å². The summed E-state index contributed by atoms with van der Waals surface area (Å²) in [5.41, 5.74) is 5.21. The van der Waals surface area contributed by atoms with Crippen LogP contribution in [0.4, 0.5) is 0 Å². The summed E-state index contributed by atoms with van der Waals surface area (Å²) in [5, 5.41) is 0. The van der Waals surface area contributed by atoms with Gasteiger partial charge in [-0.05, 0) is 24.5 Å². The maximum Gasteiger partial charge on any atom is 0.507 e. The fraction of sp³-hybridized carbons (Fsp3) is 1.00. The van der Waals surface area contributed by atoms with Crippen molar-refractivity contribution >= 4 is 8.03 Å². The third-order valence-corrected chi connectivity index (χ3v) is 3.05. The molecule has 0 rings (SSSR count). The van der Waals surface area contributed by atoms with Crippen molar-refractivity contribution in [2.45, 2.75) is 33.1 Å².